The number of guanidine groups is 2. The van der Waals surface area contributed by atoms with Gasteiger partial charge in [-0.25, -0.2) is 4.79 Å². The number of hydrogen-bond donors (Lipinski definition) is 11. The van der Waals surface area contributed by atoms with E-state index in [9.17, 15) is 29.4 Å². The molecule has 218 valence electrons. The van der Waals surface area contributed by atoms with Gasteiger partial charge in [-0.1, -0.05) is 0 Å². The largest absolute Gasteiger partial charge is 0.480 e. The monoisotopic (exact) mass is 545 g/mol. The van der Waals surface area contributed by atoms with Crippen LogP contribution in [0.4, 0.5) is 0 Å². The van der Waals surface area contributed by atoms with E-state index >= 15 is 0 Å². The van der Waals surface area contributed by atoms with Gasteiger partial charge in [-0.3, -0.25) is 24.4 Å². The number of aliphatic hydroxyl groups excluding tert-OH is 1. The fourth-order valence-electron chi connectivity index (χ4n) is 3.19. The SMILES string of the molecule is NCCCCC(NC(=O)C(N)CCCN=C(N)N)C(=O)NC(CO)C(=O)NC(CCCN=C(N)N)C(=O)O. The zero-order valence-electron chi connectivity index (χ0n) is 21.5. The molecule has 0 fully saturated rings. The summed E-state index contributed by atoms with van der Waals surface area (Å²) < 4.78 is 0. The highest BCUT2D eigenvalue weighted by molar-refractivity contribution is 5.94. The summed E-state index contributed by atoms with van der Waals surface area (Å²) in [5.41, 5.74) is 32.4. The Balaban J connectivity index is 5.18. The van der Waals surface area contributed by atoms with Crippen LogP contribution in [0.5, 0.6) is 0 Å². The Hall–Kier alpha value is -3.70. The van der Waals surface area contributed by atoms with Crippen LogP contribution in [0.1, 0.15) is 44.9 Å². The number of nitrogens with two attached hydrogens (primary N) is 6. The molecule has 0 saturated heterocycles. The predicted molar refractivity (Wildman–Crippen MR) is 141 cm³/mol. The summed E-state index contributed by atoms with van der Waals surface area (Å²) in [6.45, 7) is -0.00882. The van der Waals surface area contributed by atoms with Crippen molar-refractivity contribution in [3.63, 3.8) is 0 Å². The van der Waals surface area contributed by atoms with Crippen molar-refractivity contribution in [2.75, 3.05) is 26.2 Å². The second-order valence-electron chi connectivity index (χ2n) is 8.49. The van der Waals surface area contributed by atoms with Gasteiger partial charge in [0.25, 0.3) is 0 Å². The first-order chi connectivity index (χ1) is 17.9. The van der Waals surface area contributed by atoms with Gasteiger partial charge in [0.2, 0.25) is 17.7 Å². The van der Waals surface area contributed by atoms with Crippen molar-refractivity contribution in [1.29, 1.82) is 0 Å². The van der Waals surface area contributed by atoms with Crippen LogP contribution in [0, 0.1) is 0 Å². The molecule has 0 aliphatic carbocycles. The summed E-state index contributed by atoms with van der Waals surface area (Å²) in [4.78, 5) is 57.1. The van der Waals surface area contributed by atoms with Crippen LogP contribution < -0.4 is 50.4 Å². The Bertz CT molecular complexity index is 815. The summed E-state index contributed by atoms with van der Waals surface area (Å²) in [6.07, 6.45) is 2.20. The topological polar surface area (TPSA) is 326 Å². The minimum absolute atomic E-state index is 0.00277. The quantitative estimate of drug-likeness (QED) is 0.0389. The average Bonchev–Trinajstić information content (AvgIpc) is 2.85. The average molecular weight is 546 g/mol. The van der Waals surface area contributed by atoms with E-state index in [-0.39, 0.29) is 50.7 Å². The fraction of sp³-hybridized carbons (Fsp3) is 0.714. The van der Waals surface area contributed by atoms with Gasteiger partial charge in [0.1, 0.15) is 18.1 Å². The molecule has 17 N–H and O–H groups in total. The number of amides is 3. The maximum atomic E-state index is 12.9. The molecule has 17 heteroatoms. The molecule has 3 amide bonds. The number of rotatable bonds is 20. The van der Waals surface area contributed by atoms with E-state index in [1.165, 1.54) is 0 Å². The molecule has 0 aliphatic heterocycles. The summed E-state index contributed by atoms with van der Waals surface area (Å²) in [5, 5.41) is 26.2. The van der Waals surface area contributed by atoms with Crippen molar-refractivity contribution in [2.24, 2.45) is 44.4 Å². The third kappa shape index (κ3) is 15.4. The van der Waals surface area contributed by atoms with Gasteiger partial charge in [0.05, 0.1) is 12.6 Å². The van der Waals surface area contributed by atoms with Crippen LogP contribution in [0.25, 0.3) is 0 Å². The number of carbonyl (C=O) groups is 4. The number of carboxylic acids is 1. The highest BCUT2D eigenvalue weighted by Crippen LogP contribution is 2.05. The second-order valence-corrected chi connectivity index (χ2v) is 8.49. The van der Waals surface area contributed by atoms with Gasteiger partial charge >= 0.3 is 5.97 Å². The third-order valence-electron chi connectivity index (χ3n) is 5.26. The standard InChI is InChI=1S/C21H43N11O6/c22-8-2-1-6-13(30-16(34)12(23)5-3-9-28-20(24)25)17(35)32-15(11-33)18(36)31-14(19(37)38)7-4-10-29-21(26)27/h12-15,33H,1-11,22-23H2,(H,30,34)(H,31,36)(H,32,35)(H,37,38)(H4,24,25,28)(H4,26,27,29). The van der Waals surface area contributed by atoms with Crippen molar-refractivity contribution in [1.82, 2.24) is 16.0 Å². The Morgan fingerprint density at radius 2 is 1.16 bits per heavy atom. The summed E-state index contributed by atoms with van der Waals surface area (Å²) >= 11 is 0. The minimum Gasteiger partial charge on any atom is -0.480 e. The molecule has 0 aromatic heterocycles. The highest BCUT2D eigenvalue weighted by atomic mass is 16.4. The summed E-state index contributed by atoms with van der Waals surface area (Å²) in [5.74, 6) is -3.81. The zero-order valence-corrected chi connectivity index (χ0v) is 21.5. The number of hydrogen-bond acceptors (Lipinski definition) is 9. The number of unbranched alkanes of at least 4 members (excludes halogenated alkanes) is 1. The molecule has 0 bridgehead atoms. The molecular formula is C21H43N11O6. The Morgan fingerprint density at radius 3 is 1.66 bits per heavy atom. The van der Waals surface area contributed by atoms with Gasteiger partial charge in [-0.2, -0.15) is 0 Å². The van der Waals surface area contributed by atoms with Gasteiger partial charge in [-0.15, -0.1) is 0 Å². The molecular weight excluding hydrogens is 502 g/mol. The van der Waals surface area contributed by atoms with Crippen molar-refractivity contribution in [2.45, 2.75) is 69.1 Å². The van der Waals surface area contributed by atoms with Crippen LogP contribution in [0.3, 0.4) is 0 Å². The van der Waals surface area contributed by atoms with E-state index in [0.717, 1.165) is 0 Å². The second kappa shape index (κ2) is 19.4. The Kier molecular flexibility index (Phi) is 17.5. The van der Waals surface area contributed by atoms with E-state index in [0.29, 0.717) is 25.8 Å². The van der Waals surface area contributed by atoms with Crippen LogP contribution in [0.15, 0.2) is 9.98 Å². The van der Waals surface area contributed by atoms with Crippen molar-refractivity contribution in [3.05, 3.63) is 0 Å². The first kappa shape index (κ1) is 34.3. The fourth-order valence-corrected chi connectivity index (χ4v) is 3.19. The summed E-state index contributed by atoms with van der Waals surface area (Å²) in [7, 11) is 0. The van der Waals surface area contributed by atoms with Crippen molar-refractivity contribution in [3.8, 4) is 0 Å². The van der Waals surface area contributed by atoms with Gasteiger partial charge in [0.15, 0.2) is 11.9 Å². The van der Waals surface area contributed by atoms with Gasteiger partial charge in [-0.05, 0) is 51.5 Å². The lowest BCUT2D eigenvalue weighted by atomic mass is 10.1. The number of nitrogens with one attached hydrogen (secondary N) is 3. The first-order valence-corrected chi connectivity index (χ1v) is 12.2. The van der Waals surface area contributed by atoms with Gasteiger partial charge < -0.3 is 60.6 Å². The van der Waals surface area contributed by atoms with Gasteiger partial charge in [0, 0.05) is 13.1 Å². The predicted octanol–water partition coefficient (Wildman–Crippen LogP) is -4.92. The van der Waals surface area contributed by atoms with Crippen LogP contribution >= 0.6 is 0 Å². The molecule has 0 rings (SSSR count). The van der Waals surface area contributed by atoms with E-state index in [2.05, 4.69) is 25.9 Å². The molecule has 0 saturated carbocycles. The van der Waals surface area contributed by atoms with E-state index in [1.54, 1.807) is 0 Å². The molecule has 17 nitrogen and oxygen atoms in total. The molecule has 4 unspecified atom stereocenters. The van der Waals surface area contributed by atoms with Crippen LogP contribution in [-0.2, 0) is 19.2 Å². The van der Waals surface area contributed by atoms with Crippen molar-refractivity contribution >= 4 is 35.6 Å². The van der Waals surface area contributed by atoms with E-state index in [4.69, 9.17) is 34.4 Å². The zero-order chi connectivity index (χ0) is 29.1. The number of aliphatic hydroxyl groups is 1. The first-order valence-electron chi connectivity index (χ1n) is 12.2. The molecule has 0 spiro atoms. The Labute approximate surface area is 221 Å². The lowest BCUT2D eigenvalue weighted by molar-refractivity contribution is -0.142. The normalized spacial score (nSPS) is 13.8. The molecule has 0 aliphatic rings. The van der Waals surface area contributed by atoms with Crippen LogP contribution in [0.2, 0.25) is 0 Å². The van der Waals surface area contributed by atoms with Crippen LogP contribution in [-0.4, -0.2) is 96.2 Å². The third-order valence-corrected chi connectivity index (χ3v) is 5.26. The Morgan fingerprint density at radius 1 is 0.684 bits per heavy atom. The highest BCUT2D eigenvalue weighted by Gasteiger charge is 2.29. The molecule has 0 aromatic rings. The molecule has 4 atom stereocenters. The molecule has 0 aromatic carbocycles. The number of carbonyl (C=O) groups excluding carboxylic acids is 3. The molecule has 38 heavy (non-hydrogen) atoms. The maximum Gasteiger partial charge on any atom is 0.326 e. The summed E-state index contributed by atoms with van der Waals surface area (Å²) in [6, 6.07) is -4.79. The lowest BCUT2D eigenvalue weighted by Crippen LogP contribution is -2.58. The van der Waals surface area contributed by atoms with E-state index < -0.39 is 54.5 Å². The number of carboxylic acid groups (broad SMARTS) is 1. The number of aliphatic imine (C=N–C) groups is 2. The minimum atomic E-state index is -1.47. The number of nitrogens with zero attached hydrogens (tertiary/aromatic N) is 2. The lowest BCUT2D eigenvalue weighted by Gasteiger charge is -2.24. The molecule has 0 radical (unpaired) electrons. The smallest absolute Gasteiger partial charge is 0.326 e. The van der Waals surface area contributed by atoms with Crippen molar-refractivity contribution < 1.29 is 29.4 Å². The van der Waals surface area contributed by atoms with E-state index in [1.807, 2.05) is 0 Å². The maximum absolute atomic E-state index is 12.9. The molecule has 0 heterocycles. The number of aliphatic carboxylic acids is 1.